The van der Waals surface area contributed by atoms with Gasteiger partial charge >= 0.3 is 0 Å². The lowest BCUT2D eigenvalue weighted by Gasteiger charge is -2.21. The van der Waals surface area contributed by atoms with Crippen molar-refractivity contribution in [3.8, 4) is 5.75 Å². The molecule has 1 aromatic carbocycles. The fourth-order valence-corrected chi connectivity index (χ4v) is 4.81. The van der Waals surface area contributed by atoms with Gasteiger partial charge in [-0.15, -0.1) is 0 Å². The van der Waals surface area contributed by atoms with E-state index in [0.29, 0.717) is 31.1 Å². The second-order valence-corrected chi connectivity index (χ2v) is 8.06. The molecule has 0 saturated heterocycles. The van der Waals surface area contributed by atoms with Crippen molar-refractivity contribution in [3.63, 3.8) is 0 Å². The minimum Gasteiger partial charge on any atom is -0.492 e. The number of benzene rings is 1. The lowest BCUT2D eigenvalue weighted by Crippen LogP contribution is -2.31. The molecular formula is C18H28N2O4S. The number of hydrogen-bond acceptors (Lipinski definition) is 4. The Kier molecular flexibility index (Phi) is 6.84. The van der Waals surface area contributed by atoms with Crippen LogP contribution >= 0.6 is 0 Å². The molecule has 25 heavy (non-hydrogen) atoms. The highest BCUT2D eigenvalue weighted by Gasteiger charge is 2.27. The van der Waals surface area contributed by atoms with E-state index >= 15 is 0 Å². The molecule has 6 nitrogen and oxygen atoms in total. The maximum atomic E-state index is 12.9. The van der Waals surface area contributed by atoms with Gasteiger partial charge in [0.05, 0.1) is 6.61 Å². The molecule has 2 rings (SSSR count). The zero-order chi connectivity index (χ0) is 18.4. The van der Waals surface area contributed by atoms with Gasteiger partial charge in [-0.25, -0.2) is 8.42 Å². The Hall–Kier alpha value is -1.60. The number of hydrogen-bond donors (Lipinski definition) is 1. The second-order valence-electron chi connectivity index (χ2n) is 6.15. The van der Waals surface area contributed by atoms with Crippen molar-refractivity contribution in [1.29, 1.82) is 0 Å². The van der Waals surface area contributed by atoms with Crippen LogP contribution in [-0.4, -0.2) is 38.3 Å². The summed E-state index contributed by atoms with van der Waals surface area (Å²) in [6, 6.07) is 4.81. The van der Waals surface area contributed by atoms with Crippen LogP contribution in [0.5, 0.6) is 5.75 Å². The molecule has 0 spiro atoms. The van der Waals surface area contributed by atoms with Crippen LogP contribution in [0.2, 0.25) is 0 Å². The molecule has 0 unspecified atom stereocenters. The first-order chi connectivity index (χ1) is 11.9. The van der Waals surface area contributed by atoms with E-state index in [0.717, 1.165) is 25.7 Å². The fourth-order valence-electron chi connectivity index (χ4n) is 3.20. The summed E-state index contributed by atoms with van der Waals surface area (Å²) < 4.78 is 32.7. The number of carbonyl (C=O) groups excluding carboxylic acids is 1. The molecule has 0 aliphatic heterocycles. The Morgan fingerprint density at radius 2 is 1.84 bits per heavy atom. The highest BCUT2D eigenvalue weighted by atomic mass is 32.2. The third-order valence-corrected chi connectivity index (χ3v) is 6.63. The van der Waals surface area contributed by atoms with Crippen LogP contribution in [0.4, 0.5) is 5.69 Å². The first-order valence-electron chi connectivity index (χ1n) is 9.01. The number of nitrogens with one attached hydrogen (secondary N) is 1. The molecule has 140 valence electrons. The molecule has 1 aliphatic rings. The molecule has 0 atom stereocenters. The van der Waals surface area contributed by atoms with E-state index in [1.165, 1.54) is 10.4 Å². The summed E-state index contributed by atoms with van der Waals surface area (Å²) in [4.78, 5) is 12.4. The van der Waals surface area contributed by atoms with Gasteiger partial charge in [-0.05, 0) is 38.0 Å². The van der Waals surface area contributed by atoms with Gasteiger partial charge in [-0.3, -0.25) is 4.79 Å². The second kappa shape index (κ2) is 8.67. The topological polar surface area (TPSA) is 75.7 Å². The normalized spacial score (nSPS) is 15.5. The van der Waals surface area contributed by atoms with E-state index in [1.807, 2.05) is 6.92 Å². The number of carbonyl (C=O) groups is 1. The molecule has 1 N–H and O–H groups in total. The lowest BCUT2D eigenvalue weighted by molar-refractivity contribution is -0.119. The van der Waals surface area contributed by atoms with Crippen molar-refractivity contribution >= 4 is 21.6 Å². The summed E-state index contributed by atoms with van der Waals surface area (Å²) in [5.41, 5.74) is 0.492. The quantitative estimate of drug-likeness (QED) is 0.764. The Balaban J connectivity index is 2.34. The summed E-state index contributed by atoms with van der Waals surface area (Å²) in [5, 5.41) is 2.86. The minimum atomic E-state index is -3.67. The molecular weight excluding hydrogens is 340 g/mol. The largest absolute Gasteiger partial charge is 0.492 e. The van der Waals surface area contributed by atoms with Crippen LogP contribution in [0.1, 0.15) is 46.5 Å². The van der Waals surface area contributed by atoms with E-state index in [1.54, 1.807) is 26.0 Å². The monoisotopic (exact) mass is 368 g/mol. The number of anilines is 1. The van der Waals surface area contributed by atoms with Crippen molar-refractivity contribution in [3.05, 3.63) is 18.2 Å². The van der Waals surface area contributed by atoms with Gasteiger partial charge in [0.25, 0.3) is 0 Å². The standard InChI is InChI=1S/C18H28N2O4S/c1-4-20(5-2)25(22,23)17-13-15(11-12-16(17)24-6-3)19-18(21)14-9-7-8-10-14/h11-14H,4-10H2,1-3H3,(H,19,21). The molecule has 1 saturated carbocycles. The maximum absolute atomic E-state index is 12.9. The van der Waals surface area contributed by atoms with Crippen molar-refractivity contribution < 1.29 is 17.9 Å². The van der Waals surface area contributed by atoms with Gasteiger partial charge in [0.15, 0.2) is 0 Å². The predicted octanol–water partition coefficient (Wildman–Crippen LogP) is 3.24. The third kappa shape index (κ3) is 4.52. The van der Waals surface area contributed by atoms with Crippen LogP contribution < -0.4 is 10.1 Å². The number of ether oxygens (including phenoxy) is 1. The van der Waals surface area contributed by atoms with Crippen LogP contribution in [0.15, 0.2) is 23.1 Å². The summed E-state index contributed by atoms with van der Waals surface area (Å²) >= 11 is 0. The van der Waals surface area contributed by atoms with Crippen LogP contribution in [0, 0.1) is 5.92 Å². The summed E-state index contributed by atoms with van der Waals surface area (Å²) in [6.07, 6.45) is 3.94. The van der Waals surface area contributed by atoms with Crippen molar-refractivity contribution in [2.75, 3.05) is 25.0 Å². The van der Waals surface area contributed by atoms with Gasteiger partial charge in [-0.1, -0.05) is 26.7 Å². The third-order valence-electron chi connectivity index (χ3n) is 4.56. The zero-order valence-electron chi connectivity index (χ0n) is 15.2. The molecule has 1 amide bonds. The van der Waals surface area contributed by atoms with E-state index in [2.05, 4.69) is 5.32 Å². The van der Waals surface area contributed by atoms with Gasteiger partial charge in [0.2, 0.25) is 15.9 Å². The number of nitrogens with zero attached hydrogens (tertiary/aromatic N) is 1. The lowest BCUT2D eigenvalue weighted by atomic mass is 10.1. The Morgan fingerprint density at radius 1 is 1.20 bits per heavy atom. The summed E-state index contributed by atoms with van der Waals surface area (Å²) in [7, 11) is -3.67. The molecule has 0 bridgehead atoms. The highest BCUT2D eigenvalue weighted by molar-refractivity contribution is 7.89. The van der Waals surface area contributed by atoms with Crippen molar-refractivity contribution in [2.24, 2.45) is 5.92 Å². The van der Waals surface area contributed by atoms with Crippen LogP contribution in [0.3, 0.4) is 0 Å². The van der Waals surface area contributed by atoms with Crippen LogP contribution in [0.25, 0.3) is 0 Å². The molecule has 0 aromatic heterocycles. The first kappa shape index (κ1) is 19.7. The predicted molar refractivity (Wildman–Crippen MR) is 98.3 cm³/mol. The summed E-state index contributed by atoms with van der Waals surface area (Å²) in [5.74, 6) is 0.301. The molecule has 7 heteroatoms. The average molecular weight is 368 g/mol. The van der Waals surface area contributed by atoms with Crippen molar-refractivity contribution in [2.45, 2.75) is 51.3 Å². The molecule has 1 fully saturated rings. The Bertz CT molecular complexity index is 693. The zero-order valence-corrected chi connectivity index (χ0v) is 16.1. The highest BCUT2D eigenvalue weighted by Crippen LogP contribution is 2.31. The van der Waals surface area contributed by atoms with E-state index in [9.17, 15) is 13.2 Å². The Labute approximate surface area is 150 Å². The number of amides is 1. The van der Waals surface area contributed by atoms with Gasteiger partial charge < -0.3 is 10.1 Å². The smallest absolute Gasteiger partial charge is 0.246 e. The van der Waals surface area contributed by atoms with Crippen molar-refractivity contribution in [1.82, 2.24) is 4.31 Å². The SMILES string of the molecule is CCOc1ccc(NC(=O)C2CCCC2)cc1S(=O)(=O)N(CC)CC. The van der Waals surface area contributed by atoms with E-state index in [4.69, 9.17) is 4.74 Å². The molecule has 1 aliphatic carbocycles. The molecule has 1 aromatic rings. The number of rotatable bonds is 8. The first-order valence-corrected chi connectivity index (χ1v) is 10.5. The average Bonchev–Trinajstić information content (AvgIpc) is 3.12. The fraction of sp³-hybridized carbons (Fsp3) is 0.611. The maximum Gasteiger partial charge on any atom is 0.246 e. The molecule has 0 radical (unpaired) electrons. The molecule has 0 heterocycles. The van der Waals surface area contributed by atoms with E-state index in [-0.39, 0.29) is 16.7 Å². The Morgan fingerprint density at radius 3 is 2.40 bits per heavy atom. The van der Waals surface area contributed by atoms with Gasteiger partial charge in [0, 0.05) is 24.7 Å². The van der Waals surface area contributed by atoms with Gasteiger partial charge in [-0.2, -0.15) is 4.31 Å². The van der Waals surface area contributed by atoms with E-state index < -0.39 is 10.0 Å². The minimum absolute atomic E-state index is 0.0226. The number of sulfonamides is 1. The van der Waals surface area contributed by atoms with Crippen LogP contribution in [-0.2, 0) is 14.8 Å². The summed E-state index contributed by atoms with van der Waals surface area (Å²) in [6.45, 7) is 6.53. The van der Waals surface area contributed by atoms with Gasteiger partial charge in [0.1, 0.15) is 10.6 Å².